The van der Waals surface area contributed by atoms with Gasteiger partial charge in [-0.1, -0.05) is 12.1 Å². The summed E-state index contributed by atoms with van der Waals surface area (Å²) in [7, 11) is 3.19. The number of carbonyl (C=O) groups excluding carboxylic acids is 2. The maximum Gasteiger partial charge on any atom is 0.260 e. The lowest BCUT2D eigenvalue weighted by molar-refractivity contribution is -0.134. The van der Waals surface area contributed by atoms with E-state index in [9.17, 15) is 9.59 Å². The number of amides is 2. The fourth-order valence-electron chi connectivity index (χ4n) is 2.61. The molecule has 1 aromatic carbocycles. The third-order valence-electron chi connectivity index (χ3n) is 4.16. The molecule has 1 aromatic rings. The second-order valence-electron chi connectivity index (χ2n) is 6.20. The maximum absolute atomic E-state index is 12.5. The fraction of sp³-hybridized carbons (Fsp3) is 0.579. The Morgan fingerprint density at radius 3 is 2.58 bits per heavy atom. The zero-order valence-electron chi connectivity index (χ0n) is 15.5. The van der Waals surface area contributed by atoms with Crippen molar-refractivity contribution in [2.45, 2.75) is 31.7 Å². The largest absolute Gasteiger partial charge is 0.493 e. The molecule has 0 radical (unpaired) electrons. The molecule has 2 amide bonds. The highest BCUT2D eigenvalue weighted by Crippen LogP contribution is 2.28. The molecule has 1 aliphatic carbocycles. The van der Waals surface area contributed by atoms with Crippen LogP contribution in [0, 0.1) is 0 Å². The Labute approximate surface area is 154 Å². The Bertz CT molecular complexity index is 589. The van der Waals surface area contributed by atoms with Crippen molar-refractivity contribution in [3.63, 3.8) is 0 Å². The Kier molecular flexibility index (Phi) is 8.21. The minimum atomic E-state index is -0.106. The van der Waals surface area contributed by atoms with Gasteiger partial charge in [0.1, 0.15) is 0 Å². The van der Waals surface area contributed by atoms with Crippen LogP contribution in [0.4, 0.5) is 0 Å². The summed E-state index contributed by atoms with van der Waals surface area (Å²) in [6.07, 6.45) is 3.04. The van der Waals surface area contributed by atoms with Crippen molar-refractivity contribution in [2.75, 3.05) is 40.5 Å². The molecular formula is C19H28N2O5. The van der Waals surface area contributed by atoms with Gasteiger partial charge in [0.05, 0.1) is 7.11 Å². The summed E-state index contributed by atoms with van der Waals surface area (Å²) < 4.78 is 15.8. The van der Waals surface area contributed by atoms with Crippen LogP contribution in [0.15, 0.2) is 24.3 Å². The van der Waals surface area contributed by atoms with Gasteiger partial charge in [-0.3, -0.25) is 9.59 Å². The fourth-order valence-corrected chi connectivity index (χ4v) is 2.61. The number of benzene rings is 1. The van der Waals surface area contributed by atoms with E-state index in [1.165, 1.54) is 0 Å². The smallest absolute Gasteiger partial charge is 0.260 e. The minimum absolute atomic E-state index is 0.0507. The number of ether oxygens (including phenoxy) is 3. The van der Waals surface area contributed by atoms with Gasteiger partial charge in [-0.2, -0.15) is 0 Å². The number of rotatable bonds is 12. The van der Waals surface area contributed by atoms with E-state index >= 15 is 0 Å². The van der Waals surface area contributed by atoms with Crippen LogP contribution in [0.5, 0.6) is 11.5 Å². The summed E-state index contributed by atoms with van der Waals surface area (Å²) in [6.45, 7) is 1.55. The molecule has 0 saturated heterocycles. The Morgan fingerprint density at radius 1 is 1.19 bits per heavy atom. The number of hydrogen-bond donors (Lipinski definition) is 1. The van der Waals surface area contributed by atoms with Crippen LogP contribution >= 0.6 is 0 Å². The molecule has 0 aliphatic heterocycles. The zero-order valence-corrected chi connectivity index (χ0v) is 15.5. The third-order valence-corrected chi connectivity index (χ3v) is 4.16. The van der Waals surface area contributed by atoms with Gasteiger partial charge in [0.25, 0.3) is 5.91 Å². The number of nitrogens with zero attached hydrogens (tertiary/aromatic N) is 1. The predicted octanol–water partition coefficient (Wildman–Crippen LogP) is 1.61. The quantitative estimate of drug-likeness (QED) is 0.570. The molecule has 1 N–H and O–H groups in total. The van der Waals surface area contributed by atoms with Crippen molar-refractivity contribution < 1.29 is 23.8 Å². The van der Waals surface area contributed by atoms with Gasteiger partial charge < -0.3 is 24.4 Å². The molecular weight excluding hydrogens is 336 g/mol. The molecule has 7 heteroatoms. The van der Waals surface area contributed by atoms with E-state index in [1.807, 2.05) is 12.1 Å². The minimum Gasteiger partial charge on any atom is -0.493 e. The molecule has 1 aliphatic rings. The molecule has 1 saturated carbocycles. The number of methoxy groups -OCH3 is 2. The van der Waals surface area contributed by atoms with E-state index in [0.29, 0.717) is 37.6 Å². The lowest BCUT2D eigenvalue weighted by Crippen LogP contribution is -2.39. The Hall–Kier alpha value is -2.28. The molecule has 144 valence electrons. The van der Waals surface area contributed by atoms with Crippen molar-refractivity contribution in [3.05, 3.63) is 24.3 Å². The monoisotopic (exact) mass is 364 g/mol. The van der Waals surface area contributed by atoms with Gasteiger partial charge in [-0.05, 0) is 31.4 Å². The van der Waals surface area contributed by atoms with Crippen molar-refractivity contribution >= 4 is 11.8 Å². The van der Waals surface area contributed by atoms with Crippen LogP contribution in [-0.4, -0.2) is 63.3 Å². The molecule has 0 unspecified atom stereocenters. The average molecular weight is 364 g/mol. The molecule has 0 bridgehead atoms. The van der Waals surface area contributed by atoms with Gasteiger partial charge in [0.2, 0.25) is 5.91 Å². The van der Waals surface area contributed by atoms with Crippen LogP contribution in [0.3, 0.4) is 0 Å². The highest BCUT2D eigenvalue weighted by molar-refractivity contribution is 5.80. The Morgan fingerprint density at radius 2 is 1.92 bits per heavy atom. The SMILES string of the molecule is COCCCNC(=O)CCN(C(=O)COc1ccccc1OC)C1CC1. The molecule has 0 spiro atoms. The van der Waals surface area contributed by atoms with E-state index in [0.717, 1.165) is 19.3 Å². The zero-order chi connectivity index (χ0) is 18.8. The van der Waals surface area contributed by atoms with E-state index in [1.54, 1.807) is 31.3 Å². The van der Waals surface area contributed by atoms with Crippen LogP contribution in [-0.2, 0) is 14.3 Å². The number of nitrogens with one attached hydrogen (secondary N) is 1. The summed E-state index contributed by atoms with van der Waals surface area (Å²) in [5.74, 6) is 0.972. The normalized spacial score (nSPS) is 13.2. The van der Waals surface area contributed by atoms with Gasteiger partial charge in [0.15, 0.2) is 18.1 Å². The number of hydrogen-bond acceptors (Lipinski definition) is 5. The van der Waals surface area contributed by atoms with Gasteiger partial charge >= 0.3 is 0 Å². The van der Waals surface area contributed by atoms with Crippen LogP contribution in [0.25, 0.3) is 0 Å². The summed E-state index contributed by atoms with van der Waals surface area (Å²) in [6, 6.07) is 7.45. The molecule has 7 nitrogen and oxygen atoms in total. The molecule has 2 rings (SSSR count). The number of para-hydroxylation sites is 2. The first kappa shape index (κ1) is 20.0. The first-order valence-corrected chi connectivity index (χ1v) is 8.96. The van der Waals surface area contributed by atoms with E-state index in [4.69, 9.17) is 14.2 Å². The van der Waals surface area contributed by atoms with Gasteiger partial charge in [-0.25, -0.2) is 0 Å². The van der Waals surface area contributed by atoms with Gasteiger partial charge in [0, 0.05) is 39.3 Å². The maximum atomic E-state index is 12.5. The van der Waals surface area contributed by atoms with Crippen molar-refractivity contribution in [2.24, 2.45) is 0 Å². The standard InChI is InChI=1S/C19H28N2O5/c1-24-13-5-11-20-18(22)10-12-21(15-8-9-15)19(23)14-26-17-7-4-3-6-16(17)25-2/h3-4,6-7,15H,5,8-14H2,1-2H3,(H,20,22). The molecule has 1 fully saturated rings. The lowest BCUT2D eigenvalue weighted by atomic mass is 10.3. The van der Waals surface area contributed by atoms with E-state index < -0.39 is 0 Å². The summed E-state index contributed by atoms with van der Waals surface area (Å²) in [4.78, 5) is 26.2. The molecule has 0 heterocycles. The van der Waals surface area contributed by atoms with Crippen molar-refractivity contribution in [1.82, 2.24) is 10.2 Å². The van der Waals surface area contributed by atoms with Crippen molar-refractivity contribution in [1.29, 1.82) is 0 Å². The molecule has 26 heavy (non-hydrogen) atoms. The van der Waals surface area contributed by atoms with E-state index in [2.05, 4.69) is 5.32 Å². The topological polar surface area (TPSA) is 77.1 Å². The van der Waals surface area contributed by atoms with Gasteiger partial charge in [-0.15, -0.1) is 0 Å². The predicted molar refractivity (Wildman–Crippen MR) is 97.3 cm³/mol. The highest BCUT2D eigenvalue weighted by atomic mass is 16.5. The third kappa shape index (κ3) is 6.55. The first-order chi connectivity index (χ1) is 12.7. The summed E-state index contributed by atoms with van der Waals surface area (Å²) >= 11 is 0. The van der Waals surface area contributed by atoms with Crippen LogP contribution < -0.4 is 14.8 Å². The Balaban J connectivity index is 1.77. The lowest BCUT2D eigenvalue weighted by Gasteiger charge is -2.22. The van der Waals surface area contributed by atoms with Crippen molar-refractivity contribution in [3.8, 4) is 11.5 Å². The average Bonchev–Trinajstić information content (AvgIpc) is 3.49. The highest BCUT2D eigenvalue weighted by Gasteiger charge is 2.32. The molecule has 0 aromatic heterocycles. The second kappa shape index (κ2) is 10.7. The molecule has 0 atom stereocenters. The summed E-state index contributed by atoms with van der Waals surface area (Å²) in [5, 5.41) is 2.84. The van der Waals surface area contributed by atoms with Crippen LogP contribution in [0.2, 0.25) is 0 Å². The van der Waals surface area contributed by atoms with E-state index in [-0.39, 0.29) is 24.5 Å². The summed E-state index contributed by atoms with van der Waals surface area (Å²) in [5.41, 5.74) is 0. The van der Waals surface area contributed by atoms with Crippen LogP contribution in [0.1, 0.15) is 25.7 Å². The number of carbonyl (C=O) groups is 2. The first-order valence-electron chi connectivity index (χ1n) is 8.96. The second-order valence-corrected chi connectivity index (χ2v) is 6.20.